The van der Waals surface area contributed by atoms with E-state index in [2.05, 4.69) is 31.2 Å². The average Bonchev–Trinajstić information content (AvgIpc) is 3.19. The van der Waals surface area contributed by atoms with Gasteiger partial charge in [-0.15, -0.1) is 0 Å². The van der Waals surface area contributed by atoms with Crippen molar-refractivity contribution >= 4 is 11.9 Å². The maximum absolute atomic E-state index is 12.6. The molecular weight excluding hydrogens is 472 g/mol. The normalized spacial score (nSPS) is 18.3. The van der Waals surface area contributed by atoms with E-state index in [0.717, 1.165) is 32.1 Å². The third-order valence-electron chi connectivity index (χ3n) is 6.57. The number of nitrogens with zero attached hydrogens (tertiary/aromatic N) is 2. The van der Waals surface area contributed by atoms with Crippen LogP contribution in [0.1, 0.15) is 84.0 Å². The monoisotopic (exact) mass is 524 g/mol. The highest BCUT2D eigenvalue weighted by atomic mass is 16.5. The Morgan fingerprint density at radius 1 is 0.865 bits per heavy atom. The van der Waals surface area contributed by atoms with Crippen LogP contribution in [0.4, 0.5) is 0 Å². The van der Waals surface area contributed by atoms with Gasteiger partial charge in [0.25, 0.3) is 0 Å². The summed E-state index contributed by atoms with van der Waals surface area (Å²) >= 11 is 0. The Kier molecular flexibility index (Phi) is 20.0. The number of methoxy groups -OCH3 is 1. The first-order valence-corrected chi connectivity index (χ1v) is 14.3. The van der Waals surface area contributed by atoms with Gasteiger partial charge in [-0.2, -0.15) is 0 Å². The number of unbranched alkanes of at least 4 members (excludes halogenated alkanes) is 8. The summed E-state index contributed by atoms with van der Waals surface area (Å²) in [6.07, 6.45) is 20.4. The molecule has 2 N–H and O–H groups in total. The molecule has 1 aliphatic rings. The molecule has 2 unspecified atom stereocenters. The zero-order chi connectivity index (χ0) is 27.1. The molecule has 1 heterocycles. The number of aliphatic hydroxyl groups is 2. The van der Waals surface area contributed by atoms with Gasteiger partial charge in [0.15, 0.2) is 0 Å². The molecule has 0 saturated carbocycles. The highest BCUT2D eigenvalue weighted by Gasteiger charge is 2.31. The summed E-state index contributed by atoms with van der Waals surface area (Å²) in [5, 5.41) is 19.3. The van der Waals surface area contributed by atoms with E-state index in [1.54, 1.807) is 16.9 Å². The molecule has 0 aromatic rings. The Labute approximate surface area is 224 Å². The maximum atomic E-state index is 12.6. The number of hydrogen-bond donors (Lipinski definition) is 2. The van der Waals surface area contributed by atoms with Crippen LogP contribution in [0.2, 0.25) is 0 Å². The molecule has 0 aromatic heterocycles. The molecule has 8 nitrogen and oxygen atoms in total. The van der Waals surface area contributed by atoms with Crippen LogP contribution >= 0.6 is 0 Å². The van der Waals surface area contributed by atoms with Crippen LogP contribution in [-0.2, 0) is 19.1 Å². The standard InChI is InChI=1S/C29H52N2O6/c1-3-4-5-6-7-8-9-10-11-12-13-14-15-16-17-18-29(35)37-22-20-31(19-21-36-2)28(34)25-30-23-26(32)27(33)24-30/h7-8,10-11,26-27,32-33H,3-6,9,12-25H2,1-2H3/b8-7-,11-10-. The zero-order valence-electron chi connectivity index (χ0n) is 23.3. The minimum atomic E-state index is -0.824. The van der Waals surface area contributed by atoms with Crippen LogP contribution in [0.15, 0.2) is 24.3 Å². The number of esters is 1. The lowest BCUT2D eigenvalue weighted by atomic mass is 10.1. The molecule has 0 bridgehead atoms. The first-order chi connectivity index (χ1) is 18.0. The summed E-state index contributed by atoms with van der Waals surface area (Å²) in [5.74, 6) is -0.362. The SMILES string of the molecule is CCCCC/C=C\C/C=C\CCCCCCCC(=O)OCCN(CCOC)C(=O)CN1CC(O)C(O)C1. The Morgan fingerprint density at radius 3 is 2.11 bits per heavy atom. The lowest BCUT2D eigenvalue weighted by Gasteiger charge is -2.25. The van der Waals surface area contributed by atoms with Crippen molar-refractivity contribution in [3.63, 3.8) is 0 Å². The summed E-state index contributed by atoms with van der Waals surface area (Å²) < 4.78 is 10.4. The number of likely N-dealkylation sites (tertiary alicyclic amines) is 1. The minimum absolute atomic E-state index is 0.109. The van der Waals surface area contributed by atoms with Crippen molar-refractivity contribution in [1.82, 2.24) is 9.80 Å². The van der Waals surface area contributed by atoms with Crippen molar-refractivity contribution in [3.05, 3.63) is 24.3 Å². The number of hydrogen-bond acceptors (Lipinski definition) is 7. The number of carbonyl (C=O) groups excluding carboxylic acids is 2. The summed E-state index contributed by atoms with van der Waals surface area (Å²) in [7, 11) is 1.57. The Morgan fingerprint density at radius 2 is 1.46 bits per heavy atom. The van der Waals surface area contributed by atoms with Gasteiger partial charge < -0.3 is 24.6 Å². The number of aliphatic hydroxyl groups excluding tert-OH is 2. The fraction of sp³-hybridized carbons (Fsp3) is 0.793. The number of amides is 1. The predicted octanol–water partition coefficient (Wildman–Crippen LogP) is 3.86. The molecule has 37 heavy (non-hydrogen) atoms. The molecule has 1 saturated heterocycles. The highest BCUT2D eigenvalue weighted by Crippen LogP contribution is 2.11. The second-order valence-corrected chi connectivity index (χ2v) is 9.90. The average molecular weight is 525 g/mol. The Balaban J connectivity index is 2.07. The molecule has 214 valence electrons. The number of carbonyl (C=O) groups is 2. The van der Waals surface area contributed by atoms with Crippen LogP contribution in [0.5, 0.6) is 0 Å². The van der Waals surface area contributed by atoms with Crippen molar-refractivity contribution in [2.45, 2.75) is 96.2 Å². The van der Waals surface area contributed by atoms with Gasteiger partial charge in [-0.3, -0.25) is 14.5 Å². The molecule has 0 radical (unpaired) electrons. The van der Waals surface area contributed by atoms with Gasteiger partial charge in [0.05, 0.1) is 31.9 Å². The van der Waals surface area contributed by atoms with Gasteiger partial charge in [-0.1, -0.05) is 63.3 Å². The summed E-state index contributed by atoms with van der Waals surface area (Å²) in [4.78, 5) is 28.0. The summed E-state index contributed by atoms with van der Waals surface area (Å²) in [5.41, 5.74) is 0. The zero-order valence-corrected chi connectivity index (χ0v) is 23.3. The van der Waals surface area contributed by atoms with Gasteiger partial charge in [0.2, 0.25) is 5.91 Å². The van der Waals surface area contributed by atoms with E-state index >= 15 is 0 Å². The summed E-state index contributed by atoms with van der Waals surface area (Å²) in [6.45, 7) is 4.12. The van der Waals surface area contributed by atoms with Gasteiger partial charge >= 0.3 is 5.97 Å². The fourth-order valence-electron chi connectivity index (χ4n) is 4.25. The topological polar surface area (TPSA) is 99.5 Å². The van der Waals surface area contributed by atoms with Crippen molar-refractivity contribution < 1.29 is 29.3 Å². The third-order valence-corrected chi connectivity index (χ3v) is 6.57. The smallest absolute Gasteiger partial charge is 0.305 e. The van der Waals surface area contributed by atoms with Crippen molar-refractivity contribution in [3.8, 4) is 0 Å². The number of rotatable bonds is 22. The van der Waals surface area contributed by atoms with Gasteiger partial charge in [-0.25, -0.2) is 0 Å². The van der Waals surface area contributed by atoms with E-state index in [1.807, 2.05) is 0 Å². The quantitative estimate of drug-likeness (QED) is 0.126. The Hall–Kier alpha value is -1.74. The fourth-order valence-corrected chi connectivity index (χ4v) is 4.25. The van der Waals surface area contributed by atoms with Crippen molar-refractivity contribution in [2.75, 3.05) is 53.0 Å². The van der Waals surface area contributed by atoms with Crippen LogP contribution in [-0.4, -0.2) is 97.1 Å². The molecule has 0 aliphatic carbocycles. The minimum Gasteiger partial charge on any atom is -0.464 e. The van der Waals surface area contributed by atoms with Crippen molar-refractivity contribution in [2.24, 2.45) is 0 Å². The lowest BCUT2D eigenvalue weighted by Crippen LogP contribution is -2.43. The first kappa shape index (κ1) is 33.3. The van der Waals surface area contributed by atoms with Crippen LogP contribution < -0.4 is 0 Å². The number of ether oxygens (including phenoxy) is 2. The molecule has 8 heteroatoms. The van der Waals surface area contributed by atoms with E-state index in [0.29, 0.717) is 26.1 Å². The lowest BCUT2D eigenvalue weighted by molar-refractivity contribution is -0.146. The van der Waals surface area contributed by atoms with Gasteiger partial charge in [0.1, 0.15) is 6.61 Å². The number of β-amino-alcohol motifs (C(OH)–C–C–N with tert-alkyl or cyclic N) is 2. The van der Waals surface area contributed by atoms with E-state index < -0.39 is 12.2 Å². The first-order valence-electron chi connectivity index (χ1n) is 14.3. The van der Waals surface area contributed by atoms with Crippen molar-refractivity contribution in [1.29, 1.82) is 0 Å². The van der Waals surface area contributed by atoms with E-state index in [4.69, 9.17) is 9.47 Å². The second-order valence-electron chi connectivity index (χ2n) is 9.90. The predicted molar refractivity (Wildman–Crippen MR) is 147 cm³/mol. The summed E-state index contributed by atoms with van der Waals surface area (Å²) in [6, 6.07) is 0. The molecule has 1 rings (SSSR count). The van der Waals surface area contributed by atoms with E-state index in [9.17, 15) is 19.8 Å². The highest BCUT2D eigenvalue weighted by molar-refractivity contribution is 5.78. The third kappa shape index (κ3) is 17.4. The molecule has 1 amide bonds. The van der Waals surface area contributed by atoms with E-state index in [1.165, 1.54) is 38.5 Å². The molecule has 0 aromatic carbocycles. The molecule has 2 atom stereocenters. The molecule has 1 fully saturated rings. The largest absolute Gasteiger partial charge is 0.464 e. The van der Waals surface area contributed by atoms with Gasteiger partial charge in [-0.05, 0) is 38.5 Å². The number of allylic oxidation sites excluding steroid dienone is 4. The molecule has 1 aliphatic heterocycles. The second kappa shape index (κ2) is 22.3. The Bertz CT molecular complexity index is 644. The maximum Gasteiger partial charge on any atom is 0.305 e. The van der Waals surface area contributed by atoms with Crippen LogP contribution in [0.25, 0.3) is 0 Å². The van der Waals surface area contributed by atoms with Crippen LogP contribution in [0.3, 0.4) is 0 Å². The van der Waals surface area contributed by atoms with Crippen LogP contribution in [0, 0.1) is 0 Å². The van der Waals surface area contributed by atoms with Gasteiger partial charge in [0, 0.05) is 33.2 Å². The molecule has 0 spiro atoms. The molecular formula is C29H52N2O6. The van der Waals surface area contributed by atoms with E-state index in [-0.39, 0.29) is 38.1 Å².